The van der Waals surface area contributed by atoms with Crippen molar-refractivity contribution in [1.29, 1.82) is 0 Å². The van der Waals surface area contributed by atoms with Gasteiger partial charge in [0.1, 0.15) is 6.10 Å². The minimum Gasteiger partial charge on any atom is -0.386 e. The standard InChI is InChI=1S/C6H10F3NO3/c1-2-3-4(11)5(10(12)13)6(7,8)9/h4-5,11H,2-3H2,1H3. The van der Waals surface area contributed by atoms with E-state index in [1.54, 1.807) is 0 Å². The Morgan fingerprint density at radius 3 is 2.23 bits per heavy atom. The second-order valence-corrected chi connectivity index (χ2v) is 2.63. The molecule has 2 atom stereocenters. The predicted octanol–water partition coefficient (Wildman–Crippen LogP) is 1.35. The zero-order valence-electron chi connectivity index (χ0n) is 6.91. The summed E-state index contributed by atoms with van der Waals surface area (Å²) in [4.78, 5) is 8.49. The van der Waals surface area contributed by atoms with E-state index in [0.717, 1.165) is 0 Å². The van der Waals surface area contributed by atoms with Crippen molar-refractivity contribution in [2.75, 3.05) is 0 Å². The molecule has 0 aromatic heterocycles. The van der Waals surface area contributed by atoms with Crippen LogP contribution in [0.3, 0.4) is 0 Å². The molecule has 2 unspecified atom stereocenters. The lowest BCUT2D eigenvalue weighted by Crippen LogP contribution is -2.45. The van der Waals surface area contributed by atoms with Crippen molar-refractivity contribution in [3.63, 3.8) is 0 Å². The van der Waals surface area contributed by atoms with Crippen LogP contribution >= 0.6 is 0 Å². The Balaban J connectivity index is 4.52. The second-order valence-electron chi connectivity index (χ2n) is 2.63. The van der Waals surface area contributed by atoms with Crippen molar-refractivity contribution in [3.8, 4) is 0 Å². The number of nitrogens with zero attached hydrogens (tertiary/aromatic N) is 1. The quantitative estimate of drug-likeness (QED) is 0.551. The van der Waals surface area contributed by atoms with Crippen molar-refractivity contribution in [1.82, 2.24) is 0 Å². The summed E-state index contributed by atoms with van der Waals surface area (Å²) in [5.74, 6) is 0. The van der Waals surface area contributed by atoms with Crippen molar-refractivity contribution in [2.45, 2.75) is 38.1 Å². The lowest BCUT2D eigenvalue weighted by Gasteiger charge is -2.17. The summed E-state index contributed by atoms with van der Waals surface area (Å²) in [5, 5.41) is 18.8. The van der Waals surface area contributed by atoms with Crippen LogP contribution in [0.4, 0.5) is 13.2 Å². The molecule has 0 aliphatic heterocycles. The largest absolute Gasteiger partial charge is 0.460 e. The molecular formula is C6H10F3NO3. The normalized spacial score (nSPS) is 16.7. The third-order valence-electron chi connectivity index (χ3n) is 1.51. The van der Waals surface area contributed by atoms with Crippen molar-refractivity contribution >= 4 is 0 Å². The highest BCUT2D eigenvalue weighted by Crippen LogP contribution is 2.26. The second kappa shape index (κ2) is 4.40. The van der Waals surface area contributed by atoms with Gasteiger partial charge in [0, 0.05) is 4.92 Å². The molecule has 0 bridgehead atoms. The van der Waals surface area contributed by atoms with Gasteiger partial charge in [-0.1, -0.05) is 13.3 Å². The van der Waals surface area contributed by atoms with Crippen LogP contribution in [-0.4, -0.2) is 28.4 Å². The van der Waals surface area contributed by atoms with E-state index in [2.05, 4.69) is 0 Å². The third kappa shape index (κ3) is 3.58. The number of nitro groups is 1. The van der Waals surface area contributed by atoms with Crippen molar-refractivity contribution in [2.24, 2.45) is 0 Å². The van der Waals surface area contributed by atoms with Crippen LogP contribution < -0.4 is 0 Å². The summed E-state index contributed by atoms with van der Waals surface area (Å²) in [7, 11) is 0. The Hall–Kier alpha value is -0.850. The molecule has 0 spiro atoms. The molecule has 0 fully saturated rings. The Kier molecular flexibility index (Phi) is 4.12. The zero-order valence-corrected chi connectivity index (χ0v) is 6.91. The summed E-state index contributed by atoms with van der Waals surface area (Å²) in [6, 6.07) is -2.87. The Morgan fingerprint density at radius 1 is 1.54 bits per heavy atom. The maximum Gasteiger partial charge on any atom is 0.460 e. The fourth-order valence-electron chi connectivity index (χ4n) is 0.932. The number of aliphatic hydroxyl groups excluding tert-OH is 1. The van der Waals surface area contributed by atoms with Crippen LogP contribution in [-0.2, 0) is 0 Å². The van der Waals surface area contributed by atoms with Gasteiger partial charge in [-0.2, -0.15) is 13.2 Å². The van der Waals surface area contributed by atoms with Crippen molar-refractivity contribution in [3.05, 3.63) is 10.1 Å². The van der Waals surface area contributed by atoms with Gasteiger partial charge in [0.15, 0.2) is 0 Å². The minimum atomic E-state index is -4.99. The molecule has 1 N–H and O–H groups in total. The lowest BCUT2D eigenvalue weighted by molar-refractivity contribution is -0.574. The fourth-order valence-corrected chi connectivity index (χ4v) is 0.932. The van der Waals surface area contributed by atoms with Crippen LogP contribution in [0.15, 0.2) is 0 Å². The van der Waals surface area contributed by atoms with E-state index in [9.17, 15) is 23.3 Å². The fraction of sp³-hybridized carbons (Fsp3) is 1.00. The monoisotopic (exact) mass is 201 g/mol. The highest BCUT2D eigenvalue weighted by molar-refractivity contribution is 4.74. The molecule has 4 nitrogen and oxygen atoms in total. The van der Waals surface area contributed by atoms with Gasteiger partial charge in [-0.25, -0.2) is 0 Å². The van der Waals surface area contributed by atoms with Gasteiger partial charge in [0.05, 0.1) is 0 Å². The molecule has 0 saturated carbocycles. The van der Waals surface area contributed by atoms with Gasteiger partial charge in [-0.05, 0) is 6.42 Å². The SMILES string of the molecule is CCCC(O)C([N+](=O)[O-])C(F)(F)F. The molecule has 0 aromatic carbocycles. The van der Waals surface area contributed by atoms with Gasteiger partial charge >= 0.3 is 12.2 Å². The van der Waals surface area contributed by atoms with E-state index < -0.39 is 23.2 Å². The predicted molar refractivity (Wildman–Crippen MR) is 37.8 cm³/mol. The third-order valence-corrected chi connectivity index (χ3v) is 1.51. The molecule has 0 radical (unpaired) electrons. The number of hydrogen-bond acceptors (Lipinski definition) is 3. The van der Waals surface area contributed by atoms with E-state index in [0.29, 0.717) is 0 Å². The smallest absolute Gasteiger partial charge is 0.386 e. The number of rotatable bonds is 4. The summed E-state index contributed by atoms with van der Waals surface area (Å²) in [6.45, 7) is 1.54. The average Bonchev–Trinajstić information content (AvgIpc) is 1.82. The molecule has 0 amide bonds. The maximum absolute atomic E-state index is 11.9. The van der Waals surface area contributed by atoms with Crippen molar-refractivity contribution < 1.29 is 23.2 Å². The molecule has 0 saturated heterocycles. The van der Waals surface area contributed by atoms with Crippen LogP contribution in [0, 0.1) is 10.1 Å². The van der Waals surface area contributed by atoms with E-state index in [-0.39, 0.29) is 12.8 Å². The van der Waals surface area contributed by atoms with Crippen LogP contribution in [0.5, 0.6) is 0 Å². The number of alkyl halides is 3. The maximum atomic E-state index is 11.9. The van der Waals surface area contributed by atoms with Gasteiger partial charge in [0.2, 0.25) is 0 Å². The van der Waals surface area contributed by atoms with E-state index >= 15 is 0 Å². The number of hydrogen-bond donors (Lipinski definition) is 1. The number of halogens is 3. The summed E-state index contributed by atoms with van der Waals surface area (Å²) in [5.41, 5.74) is 0. The van der Waals surface area contributed by atoms with E-state index in [1.165, 1.54) is 6.92 Å². The molecule has 0 rings (SSSR count). The molecule has 7 heteroatoms. The molecule has 0 aliphatic carbocycles. The first-order valence-electron chi connectivity index (χ1n) is 3.69. The van der Waals surface area contributed by atoms with Gasteiger partial charge in [-0.3, -0.25) is 10.1 Å². The number of aliphatic hydroxyl groups is 1. The lowest BCUT2D eigenvalue weighted by atomic mass is 10.1. The first-order valence-corrected chi connectivity index (χ1v) is 3.69. The topological polar surface area (TPSA) is 63.4 Å². The molecular weight excluding hydrogens is 191 g/mol. The summed E-state index contributed by atoms with van der Waals surface area (Å²) in [6.07, 6.45) is -6.91. The van der Waals surface area contributed by atoms with Gasteiger partial charge in [0.25, 0.3) is 0 Å². The first-order chi connectivity index (χ1) is 5.80. The zero-order chi connectivity index (χ0) is 10.6. The van der Waals surface area contributed by atoms with Crippen LogP contribution in [0.1, 0.15) is 19.8 Å². The highest BCUT2D eigenvalue weighted by atomic mass is 19.4. The Labute approximate surface area is 72.5 Å². The molecule has 0 aliphatic rings. The highest BCUT2D eigenvalue weighted by Gasteiger charge is 2.53. The Morgan fingerprint density at radius 2 is 2.00 bits per heavy atom. The average molecular weight is 201 g/mol. The molecule has 13 heavy (non-hydrogen) atoms. The molecule has 0 aromatic rings. The first kappa shape index (κ1) is 12.2. The van der Waals surface area contributed by atoms with E-state index in [1.807, 2.05) is 0 Å². The van der Waals surface area contributed by atoms with E-state index in [4.69, 9.17) is 5.11 Å². The Bertz CT molecular complexity index is 182. The van der Waals surface area contributed by atoms with Gasteiger partial charge < -0.3 is 5.11 Å². The molecule has 78 valence electrons. The van der Waals surface area contributed by atoms with Gasteiger partial charge in [-0.15, -0.1) is 0 Å². The molecule has 0 heterocycles. The van der Waals surface area contributed by atoms with Crippen LogP contribution in [0.25, 0.3) is 0 Å². The summed E-state index contributed by atoms with van der Waals surface area (Å²) < 4.78 is 35.8. The summed E-state index contributed by atoms with van der Waals surface area (Å²) >= 11 is 0. The minimum absolute atomic E-state index is 0.231. The van der Waals surface area contributed by atoms with Crippen LogP contribution in [0.2, 0.25) is 0 Å².